The summed E-state index contributed by atoms with van der Waals surface area (Å²) in [4.78, 5) is 13.8. The minimum atomic E-state index is -0.130. The van der Waals surface area contributed by atoms with Crippen molar-refractivity contribution in [1.82, 2.24) is 0 Å². The van der Waals surface area contributed by atoms with E-state index in [1.165, 1.54) is 23.1 Å². The number of nitrogens with one attached hydrogen (secondary N) is 2. The number of carbonyl (C=O) groups is 1. The number of quaternary nitrogens is 1. The first-order chi connectivity index (χ1) is 12.6. The molecule has 1 aliphatic rings. The molecule has 2 atom stereocenters. The van der Waals surface area contributed by atoms with Gasteiger partial charge in [-0.05, 0) is 80.6 Å². The van der Waals surface area contributed by atoms with E-state index in [0.717, 1.165) is 35.7 Å². The highest BCUT2D eigenvalue weighted by Crippen LogP contribution is 2.24. The zero-order valence-electron chi connectivity index (χ0n) is 16.0. The van der Waals surface area contributed by atoms with E-state index in [4.69, 9.17) is 4.74 Å². The van der Waals surface area contributed by atoms with Gasteiger partial charge in [-0.2, -0.15) is 0 Å². The van der Waals surface area contributed by atoms with Gasteiger partial charge in [0.15, 0.2) is 6.04 Å². The molecule has 1 amide bonds. The smallest absolute Gasteiger partial charge is 0.282 e. The maximum absolute atomic E-state index is 12.6. The molecule has 0 bridgehead atoms. The molecular formula is C22H29N2O2+. The highest BCUT2D eigenvalue weighted by molar-refractivity contribution is 5.93. The summed E-state index contributed by atoms with van der Waals surface area (Å²) in [5.41, 5.74) is 4.92. The molecule has 1 unspecified atom stereocenters. The fourth-order valence-corrected chi connectivity index (χ4v) is 3.47. The number of likely N-dealkylation sites (N-methyl/N-ethyl adjacent to an activating group) is 1. The molecule has 0 aromatic heterocycles. The fraction of sp³-hybridized carbons (Fsp3) is 0.409. The lowest BCUT2D eigenvalue weighted by Crippen LogP contribution is -3.12. The van der Waals surface area contributed by atoms with Gasteiger partial charge in [-0.25, -0.2) is 0 Å². The van der Waals surface area contributed by atoms with Gasteiger partial charge in [0.1, 0.15) is 12.3 Å². The van der Waals surface area contributed by atoms with E-state index in [-0.39, 0.29) is 11.9 Å². The van der Waals surface area contributed by atoms with Crippen molar-refractivity contribution in [3.63, 3.8) is 0 Å². The van der Waals surface area contributed by atoms with Crippen LogP contribution < -0.4 is 15.0 Å². The number of fused-ring (bicyclic) bond motifs is 1. The van der Waals surface area contributed by atoms with E-state index >= 15 is 0 Å². The van der Waals surface area contributed by atoms with Crippen molar-refractivity contribution in [1.29, 1.82) is 0 Å². The monoisotopic (exact) mass is 353 g/mol. The number of rotatable bonds is 7. The Morgan fingerprint density at radius 1 is 1.15 bits per heavy atom. The van der Waals surface area contributed by atoms with Crippen LogP contribution in [0.2, 0.25) is 0 Å². The Hall–Kier alpha value is -2.33. The molecule has 2 aromatic rings. The van der Waals surface area contributed by atoms with Gasteiger partial charge in [0, 0.05) is 11.3 Å². The largest absolute Gasteiger partial charge is 0.494 e. The predicted molar refractivity (Wildman–Crippen MR) is 105 cm³/mol. The van der Waals surface area contributed by atoms with Crippen LogP contribution in [0.15, 0.2) is 42.5 Å². The number of anilines is 1. The van der Waals surface area contributed by atoms with E-state index in [1.54, 1.807) is 0 Å². The molecule has 0 spiro atoms. The molecular weight excluding hydrogens is 324 g/mol. The predicted octanol–water partition coefficient (Wildman–Crippen LogP) is 2.62. The first kappa shape index (κ1) is 18.5. The van der Waals surface area contributed by atoms with Crippen LogP contribution >= 0.6 is 0 Å². The normalized spacial score (nSPS) is 15.2. The number of hydrogen-bond acceptors (Lipinski definition) is 2. The van der Waals surface area contributed by atoms with Crippen molar-refractivity contribution in [3.05, 3.63) is 59.2 Å². The number of benzene rings is 2. The molecule has 2 N–H and O–H groups in total. The lowest BCUT2D eigenvalue weighted by Gasteiger charge is -2.21. The molecule has 0 aliphatic heterocycles. The van der Waals surface area contributed by atoms with Gasteiger partial charge in [-0.15, -0.1) is 0 Å². The first-order valence-electron chi connectivity index (χ1n) is 9.53. The van der Waals surface area contributed by atoms with Crippen LogP contribution in [0.25, 0.3) is 0 Å². The van der Waals surface area contributed by atoms with E-state index < -0.39 is 0 Å². The maximum atomic E-state index is 12.6. The van der Waals surface area contributed by atoms with Crippen LogP contribution in [0, 0.1) is 0 Å². The summed E-state index contributed by atoms with van der Waals surface area (Å²) in [5.74, 6) is 0.947. The second-order valence-electron chi connectivity index (χ2n) is 7.15. The van der Waals surface area contributed by atoms with Gasteiger partial charge in [0.25, 0.3) is 5.91 Å². The molecule has 26 heavy (non-hydrogen) atoms. The van der Waals surface area contributed by atoms with Gasteiger partial charge in [-0.1, -0.05) is 6.07 Å². The van der Waals surface area contributed by atoms with Gasteiger partial charge in [0.2, 0.25) is 0 Å². The van der Waals surface area contributed by atoms with E-state index in [0.29, 0.717) is 6.61 Å². The molecule has 4 nitrogen and oxygen atoms in total. The summed E-state index contributed by atoms with van der Waals surface area (Å²) < 4.78 is 5.48. The van der Waals surface area contributed by atoms with Gasteiger partial charge < -0.3 is 15.0 Å². The average molecular weight is 353 g/mol. The van der Waals surface area contributed by atoms with Crippen LogP contribution in [0.4, 0.5) is 5.69 Å². The third-order valence-corrected chi connectivity index (χ3v) is 5.22. The van der Waals surface area contributed by atoms with E-state index in [1.807, 2.05) is 32.0 Å². The molecule has 0 radical (unpaired) electrons. The van der Waals surface area contributed by atoms with Crippen molar-refractivity contribution >= 4 is 11.6 Å². The lowest BCUT2D eigenvalue weighted by atomic mass is 10.1. The van der Waals surface area contributed by atoms with E-state index in [2.05, 4.69) is 36.6 Å². The SMILES string of the molecule is CCOc1ccc(C[NH+](C)[C@H](C)C(=O)Nc2ccc3c(c2)CCC3)cc1. The highest BCUT2D eigenvalue weighted by atomic mass is 16.5. The minimum Gasteiger partial charge on any atom is -0.494 e. The topological polar surface area (TPSA) is 42.8 Å². The van der Waals surface area contributed by atoms with Crippen LogP contribution in [0.3, 0.4) is 0 Å². The van der Waals surface area contributed by atoms with Crippen molar-refractivity contribution in [2.24, 2.45) is 0 Å². The average Bonchev–Trinajstić information content (AvgIpc) is 3.10. The number of aryl methyl sites for hydroxylation is 2. The van der Waals surface area contributed by atoms with Gasteiger partial charge >= 0.3 is 0 Å². The van der Waals surface area contributed by atoms with Crippen LogP contribution in [0.1, 0.15) is 37.0 Å². The Kier molecular flexibility index (Phi) is 5.94. The van der Waals surface area contributed by atoms with Gasteiger partial charge in [-0.3, -0.25) is 4.79 Å². The summed E-state index contributed by atoms with van der Waals surface area (Å²) in [6, 6.07) is 14.3. The minimum absolute atomic E-state index is 0.0615. The summed E-state index contributed by atoms with van der Waals surface area (Å²) >= 11 is 0. The fourth-order valence-electron chi connectivity index (χ4n) is 3.47. The van der Waals surface area contributed by atoms with Gasteiger partial charge in [0.05, 0.1) is 13.7 Å². The third-order valence-electron chi connectivity index (χ3n) is 5.22. The van der Waals surface area contributed by atoms with Crippen molar-refractivity contribution in [3.8, 4) is 5.75 Å². The molecule has 3 rings (SSSR count). The first-order valence-corrected chi connectivity index (χ1v) is 9.53. The molecule has 0 fully saturated rings. The molecule has 0 saturated heterocycles. The van der Waals surface area contributed by atoms with E-state index in [9.17, 15) is 4.79 Å². The molecule has 2 aromatic carbocycles. The standard InChI is InChI=1S/C22H28N2O2/c1-4-26-21-12-8-17(9-13-21)15-24(3)16(2)22(25)23-20-11-10-18-6-5-7-19(18)14-20/h8-14,16H,4-7,15H2,1-3H3,(H,23,25)/p+1/t16-/m1/s1. The Balaban J connectivity index is 1.57. The highest BCUT2D eigenvalue weighted by Gasteiger charge is 2.22. The molecule has 1 aliphatic carbocycles. The van der Waals surface area contributed by atoms with Crippen molar-refractivity contribution < 1.29 is 14.4 Å². The van der Waals surface area contributed by atoms with Crippen molar-refractivity contribution in [2.45, 2.75) is 45.7 Å². The third kappa shape index (κ3) is 4.44. The number of carbonyl (C=O) groups excluding carboxylic acids is 1. The van der Waals surface area contributed by atoms with Crippen LogP contribution in [-0.2, 0) is 24.2 Å². The molecule has 4 heteroatoms. The maximum Gasteiger partial charge on any atom is 0.282 e. The van der Waals surface area contributed by atoms with Crippen LogP contribution in [-0.4, -0.2) is 25.6 Å². The Bertz CT molecular complexity index is 755. The quantitative estimate of drug-likeness (QED) is 0.804. The number of ether oxygens (including phenoxy) is 1. The summed E-state index contributed by atoms with van der Waals surface area (Å²) in [6.45, 7) is 5.43. The second kappa shape index (κ2) is 8.37. The summed E-state index contributed by atoms with van der Waals surface area (Å²) in [5, 5.41) is 3.08. The number of hydrogen-bond donors (Lipinski definition) is 2. The molecule has 138 valence electrons. The second-order valence-corrected chi connectivity index (χ2v) is 7.15. The Morgan fingerprint density at radius 2 is 1.88 bits per heavy atom. The molecule has 0 heterocycles. The lowest BCUT2D eigenvalue weighted by molar-refractivity contribution is -0.907. The summed E-state index contributed by atoms with van der Waals surface area (Å²) in [6.07, 6.45) is 3.50. The zero-order valence-corrected chi connectivity index (χ0v) is 16.0. The summed E-state index contributed by atoms with van der Waals surface area (Å²) in [7, 11) is 2.06. The van der Waals surface area contributed by atoms with Crippen molar-refractivity contribution in [2.75, 3.05) is 19.0 Å². The van der Waals surface area contributed by atoms with Crippen LogP contribution in [0.5, 0.6) is 5.75 Å². The number of amides is 1. The molecule has 0 saturated carbocycles. The zero-order chi connectivity index (χ0) is 18.5. The Labute approximate surface area is 156 Å². The Morgan fingerprint density at radius 3 is 2.62 bits per heavy atom.